The van der Waals surface area contributed by atoms with Crippen molar-refractivity contribution in [2.24, 2.45) is 0 Å². The summed E-state index contributed by atoms with van der Waals surface area (Å²) in [5.74, 6) is -0.0174. The normalized spacial score (nSPS) is 9.29. The van der Waals surface area contributed by atoms with Gasteiger partial charge in [-0.15, -0.1) is 0 Å². The lowest BCUT2D eigenvalue weighted by Crippen LogP contribution is -2.11. The molecule has 0 fully saturated rings. The molecule has 0 bridgehead atoms. The zero-order valence-electron chi connectivity index (χ0n) is 7.41. The van der Waals surface area contributed by atoms with Crippen LogP contribution >= 0.6 is 15.9 Å². The SMILES string of the molecule is COc1ccc(NC(=O)C=O)cc1Br. The van der Waals surface area contributed by atoms with E-state index < -0.39 is 5.91 Å². The lowest BCUT2D eigenvalue weighted by molar-refractivity contribution is -0.127. The Hall–Kier alpha value is -1.36. The molecule has 0 spiro atoms. The molecule has 14 heavy (non-hydrogen) atoms. The van der Waals surface area contributed by atoms with Crippen LogP contribution in [-0.4, -0.2) is 19.3 Å². The number of carbonyl (C=O) groups excluding carboxylic acids is 2. The number of carbonyl (C=O) groups is 2. The predicted octanol–water partition coefficient (Wildman–Crippen LogP) is 1.60. The molecule has 0 aliphatic rings. The van der Waals surface area contributed by atoms with Crippen LogP contribution in [0.2, 0.25) is 0 Å². The smallest absolute Gasteiger partial charge is 0.288 e. The average molecular weight is 258 g/mol. The standard InChI is InChI=1S/C9H8BrNO3/c1-14-8-3-2-6(4-7(8)10)11-9(13)5-12/h2-5H,1H3,(H,11,13). The Balaban J connectivity index is 2.86. The molecule has 0 aliphatic carbocycles. The predicted molar refractivity (Wildman–Crippen MR) is 55.4 cm³/mol. The molecule has 0 saturated carbocycles. The first-order valence-corrected chi connectivity index (χ1v) is 4.56. The highest BCUT2D eigenvalue weighted by Gasteiger charge is 2.03. The quantitative estimate of drug-likeness (QED) is 0.661. The highest BCUT2D eigenvalue weighted by atomic mass is 79.9. The summed E-state index contributed by atoms with van der Waals surface area (Å²) in [7, 11) is 1.55. The van der Waals surface area contributed by atoms with E-state index in [0.717, 1.165) is 0 Å². The number of hydrogen-bond donors (Lipinski definition) is 1. The Morgan fingerprint density at radius 1 is 1.57 bits per heavy atom. The molecule has 0 unspecified atom stereocenters. The largest absolute Gasteiger partial charge is 0.496 e. The Bertz CT molecular complexity index is 365. The molecule has 1 aromatic rings. The molecule has 1 N–H and O–H groups in total. The van der Waals surface area contributed by atoms with Gasteiger partial charge in [0.2, 0.25) is 6.29 Å². The summed E-state index contributed by atoms with van der Waals surface area (Å²) in [5, 5.41) is 2.39. The highest BCUT2D eigenvalue weighted by molar-refractivity contribution is 9.10. The zero-order chi connectivity index (χ0) is 10.6. The van der Waals surface area contributed by atoms with Crippen molar-refractivity contribution in [1.29, 1.82) is 0 Å². The van der Waals surface area contributed by atoms with Gasteiger partial charge in [-0.25, -0.2) is 0 Å². The third kappa shape index (κ3) is 2.56. The number of nitrogens with one attached hydrogen (secondary N) is 1. The van der Waals surface area contributed by atoms with Gasteiger partial charge in [-0.05, 0) is 34.1 Å². The minimum atomic E-state index is -0.679. The Kier molecular flexibility index (Phi) is 3.64. The number of rotatable bonds is 3. The summed E-state index contributed by atoms with van der Waals surface area (Å²) < 4.78 is 5.71. The second-order valence-corrected chi connectivity index (χ2v) is 3.31. The molecule has 1 amide bonds. The van der Waals surface area contributed by atoms with Crippen LogP contribution in [-0.2, 0) is 9.59 Å². The molecule has 0 radical (unpaired) electrons. The molecule has 0 heterocycles. The van der Waals surface area contributed by atoms with E-state index in [1.54, 1.807) is 25.3 Å². The number of amides is 1. The van der Waals surface area contributed by atoms with Crippen LogP contribution in [0.3, 0.4) is 0 Å². The number of anilines is 1. The fraction of sp³-hybridized carbons (Fsp3) is 0.111. The van der Waals surface area contributed by atoms with Gasteiger partial charge < -0.3 is 10.1 Å². The van der Waals surface area contributed by atoms with E-state index in [4.69, 9.17) is 4.74 Å². The lowest BCUT2D eigenvalue weighted by Gasteiger charge is -2.05. The summed E-state index contributed by atoms with van der Waals surface area (Å²) in [4.78, 5) is 20.8. The first-order valence-electron chi connectivity index (χ1n) is 3.77. The second kappa shape index (κ2) is 4.76. The average Bonchev–Trinajstić information content (AvgIpc) is 2.18. The van der Waals surface area contributed by atoms with E-state index in [1.165, 1.54) is 0 Å². The molecule has 0 atom stereocenters. The number of ether oxygens (including phenoxy) is 1. The summed E-state index contributed by atoms with van der Waals surface area (Å²) in [6.45, 7) is 0. The van der Waals surface area contributed by atoms with Gasteiger partial charge in [-0.2, -0.15) is 0 Å². The third-order valence-electron chi connectivity index (χ3n) is 1.53. The maximum atomic E-state index is 10.7. The van der Waals surface area contributed by atoms with Gasteiger partial charge in [-0.1, -0.05) is 0 Å². The zero-order valence-corrected chi connectivity index (χ0v) is 9.00. The first kappa shape index (κ1) is 10.7. The molecule has 0 saturated heterocycles. The van der Waals surface area contributed by atoms with Crippen molar-refractivity contribution in [3.8, 4) is 5.75 Å². The van der Waals surface area contributed by atoms with E-state index in [9.17, 15) is 9.59 Å². The minimum Gasteiger partial charge on any atom is -0.496 e. The number of halogens is 1. The molecule has 4 nitrogen and oxygen atoms in total. The van der Waals surface area contributed by atoms with Crippen molar-refractivity contribution >= 4 is 33.8 Å². The Labute approximate surface area is 89.4 Å². The number of methoxy groups -OCH3 is 1. The summed E-state index contributed by atoms with van der Waals surface area (Å²) in [6, 6.07) is 4.98. The van der Waals surface area contributed by atoms with Crippen LogP contribution in [0.1, 0.15) is 0 Å². The Morgan fingerprint density at radius 3 is 2.79 bits per heavy atom. The maximum Gasteiger partial charge on any atom is 0.288 e. The van der Waals surface area contributed by atoms with Gasteiger partial charge in [0.15, 0.2) is 0 Å². The van der Waals surface area contributed by atoms with Gasteiger partial charge in [0.05, 0.1) is 11.6 Å². The second-order valence-electron chi connectivity index (χ2n) is 2.46. The van der Waals surface area contributed by atoms with Crippen molar-refractivity contribution in [2.75, 3.05) is 12.4 Å². The van der Waals surface area contributed by atoms with Crippen molar-refractivity contribution in [1.82, 2.24) is 0 Å². The molecular weight excluding hydrogens is 250 g/mol. The fourth-order valence-corrected chi connectivity index (χ4v) is 1.46. The monoisotopic (exact) mass is 257 g/mol. The molecule has 0 aliphatic heterocycles. The van der Waals surface area contributed by atoms with E-state index in [2.05, 4.69) is 21.2 Å². The number of aldehydes is 1. The highest BCUT2D eigenvalue weighted by Crippen LogP contribution is 2.27. The van der Waals surface area contributed by atoms with E-state index in [-0.39, 0.29) is 6.29 Å². The fourth-order valence-electron chi connectivity index (χ4n) is 0.916. The van der Waals surface area contributed by atoms with Crippen LogP contribution in [0, 0.1) is 0 Å². The van der Waals surface area contributed by atoms with Crippen LogP contribution in [0.5, 0.6) is 5.75 Å². The van der Waals surface area contributed by atoms with Crippen LogP contribution in [0.25, 0.3) is 0 Å². The number of hydrogen-bond acceptors (Lipinski definition) is 3. The van der Waals surface area contributed by atoms with Gasteiger partial charge >= 0.3 is 0 Å². The van der Waals surface area contributed by atoms with Gasteiger partial charge in [0.25, 0.3) is 5.91 Å². The molecule has 74 valence electrons. The van der Waals surface area contributed by atoms with Crippen molar-refractivity contribution < 1.29 is 14.3 Å². The van der Waals surface area contributed by atoms with Gasteiger partial charge in [0, 0.05) is 5.69 Å². The topological polar surface area (TPSA) is 55.4 Å². The number of benzene rings is 1. The van der Waals surface area contributed by atoms with Crippen LogP contribution < -0.4 is 10.1 Å². The minimum absolute atomic E-state index is 0.220. The summed E-state index contributed by atoms with van der Waals surface area (Å²) in [6.07, 6.45) is 0.220. The summed E-state index contributed by atoms with van der Waals surface area (Å²) >= 11 is 3.25. The van der Waals surface area contributed by atoms with Gasteiger partial charge in [0.1, 0.15) is 5.75 Å². The third-order valence-corrected chi connectivity index (χ3v) is 2.15. The lowest BCUT2D eigenvalue weighted by atomic mass is 10.3. The molecule has 5 heteroatoms. The van der Waals surface area contributed by atoms with E-state index in [0.29, 0.717) is 15.9 Å². The molecular formula is C9H8BrNO3. The molecule has 0 aromatic heterocycles. The molecule has 1 aromatic carbocycles. The van der Waals surface area contributed by atoms with E-state index in [1.807, 2.05) is 0 Å². The van der Waals surface area contributed by atoms with E-state index >= 15 is 0 Å². The first-order chi connectivity index (χ1) is 6.67. The molecule has 1 rings (SSSR count). The summed E-state index contributed by atoms with van der Waals surface area (Å²) in [5.41, 5.74) is 0.537. The van der Waals surface area contributed by atoms with Crippen molar-refractivity contribution in [3.63, 3.8) is 0 Å². The Morgan fingerprint density at radius 2 is 2.29 bits per heavy atom. The maximum absolute atomic E-state index is 10.7. The van der Waals surface area contributed by atoms with Crippen molar-refractivity contribution in [2.45, 2.75) is 0 Å². The van der Waals surface area contributed by atoms with Crippen LogP contribution in [0.4, 0.5) is 5.69 Å². The van der Waals surface area contributed by atoms with Crippen LogP contribution in [0.15, 0.2) is 22.7 Å². The van der Waals surface area contributed by atoms with Crippen molar-refractivity contribution in [3.05, 3.63) is 22.7 Å². The van der Waals surface area contributed by atoms with Gasteiger partial charge in [-0.3, -0.25) is 9.59 Å².